The molecule has 1 aromatic carbocycles. The van der Waals surface area contributed by atoms with Crippen LogP contribution in [0.1, 0.15) is 114 Å². The van der Waals surface area contributed by atoms with Crippen molar-refractivity contribution in [2.24, 2.45) is 11.7 Å². The van der Waals surface area contributed by atoms with Gasteiger partial charge in [-0.25, -0.2) is 0 Å². The van der Waals surface area contributed by atoms with Crippen molar-refractivity contribution in [3.8, 4) is 0 Å². The highest BCUT2D eigenvalue weighted by atomic mass is 16.2. The van der Waals surface area contributed by atoms with Crippen molar-refractivity contribution in [2.75, 3.05) is 13.1 Å². The molecule has 0 aromatic heterocycles. The highest BCUT2D eigenvalue weighted by Crippen LogP contribution is 2.45. The molecule has 3 amide bonds. The minimum Gasteiger partial charge on any atom is -0.368 e. The van der Waals surface area contributed by atoms with Crippen molar-refractivity contribution in [1.29, 1.82) is 0 Å². The summed E-state index contributed by atoms with van der Waals surface area (Å²) in [5.41, 5.74) is 6.88. The molecule has 4 rings (SSSR count). The molecule has 1 aromatic rings. The molecule has 2 aliphatic heterocycles. The monoisotopic (exact) mass is 510 g/mol. The Balaban J connectivity index is 1.66. The first kappa shape index (κ1) is 27.6. The zero-order valence-corrected chi connectivity index (χ0v) is 23.2. The predicted octanol–water partition coefficient (Wildman–Crippen LogP) is 4.86. The summed E-state index contributed by atoms with van der Waals surface area (Å²) in [5, 5.41) is 0. The zero-order chi connectivity index (χ0) is 26.7. The molecule has 1 saturated heterocycles. The van der Waals surface area contributed by atoms with E-state index in [0.29, 0.717) is 38.4 Å². The fourth-order valence-electron chi connectivity index (χ4n) is 6.79. The number of nitrogens with two attached hydrogens (primary N) is 1. The van der Waals surface area contributed by atoms with Crippen LogP contribution in [-0.4, -0.2) is 63.1 Å². The largest absolute Gasteiger partial charge is 0.368 e. The highest BCUT2D eigenvalue weighted by Gasteiger charge is 2.54. The minimum atomic E-state index is -0.954. The third kappa shape index (κ3) is 5.04. The molecule has 7 nitrogen and oxygen atoms in total. The molecule has 4 atom stereocenters. The van der Waals surface area contributed by atoms with E-state index >= 15 is 0 Å². The maximum absolute atomic E-state index is 13.8. The SMILES string of the molecule is CCCCCCC(C)N1C[C@H](CN(C(=O)C(C)CC)C2(C(N)=O)CCCC2)N2C(=O)c3ccccc3[C@H]12. The van der Waals surface area contributed by atoms with E-state index in [1.165, 1.54) is 25.7 Å². The maximum atomic E-state index is 13.8. The van der Waals surface area contributed by atoms with Crippen molar-refractivity contribution < 1.29 is 14.4 Å². The Hall–Kier alpha value is -2.41. The van der Waals surface area contributed by atoms with Crippen LogP contribution in [-0.2, 0) is 9.59 Å². The van der Waals surface area contributed by atoms with Crippen LogP contribution in [0.3, 0.4) is 0 Å². The Bertz CT molecular complexity index is 989. The molecule has 2 heterocycles. The van der Waals surface area contributed by atoms with Crippen molar-refractivity contribution in [3.05, 3.63) is 35.4 Å². The quantitative estimate of drug-likeness (QED) is 0.407. The fraction of sp³-hybridized carbons (Fsp3) is 0.700. The summed E-state index contributed by atoms with van der Waals surface area (Å²) < 4.78 is 0. The molecule has 204 valence electrons. The zero-order valence-electron chi connectivity index (χ0n) is 23.2. The van der Waals surface area contributed by atoms with Gasteiger partial charge >= 0.3 is 0 Å². The van der Waals surface area contributed by atoms with Crippen molar-refractivity contribution in [1.82, 2.24) is 14.7 Å². The lowest BCUT2D eigenvalue weighted by Gasteiger charge is -2.42. The molecule has 2 N–H and O–H groups in total. The smallest absolute Gasteiger partial charge is 0.256 e. The summed E-state index contributed by atoms with van der Waals surface area (Å²) >= 11 is 0. The average Bonchev–Trinajstić information content (AvgIpc) is 3.61. The van der Waals surface area contributed by atoms with Gasteiger partial charge in [0, 0.05) is 36.2 Å². The second-order valence-corrected chi connectivity index (χ2v) is 11.6. The molecule has 2 unspecified atom stereocenters. The Kier molecular flexibility index (Phi) is 8.62. The first-order valence-electron chi connectivity index (χ1n) is 14.6. The van der Waals surface area contributed by atoms with E-state index in [1.54, 1.807) is 4.90 Å². The van der Waals surface area contributed by atoms with Crippen LogP contribution in [0.2, 0.25) is 0 Å². The van der Waals surface area contributed by atoms with E-state index < -0.39 is 11.4 Å². The van der Waals surface area contributed by atoms with E-state index in [1.807, 2.05) is 36.9 Å². The van der Waals surface area contributed by atoms with Gasteiger partial charge in [-0.05, 0) is 38.7 Å². The minimum absolute atomic E-state index is 0.0185. The Morgan fingerprint density at radius 3 is 2.46 bits per heavy atom. The molecule has 0 radical (unpaired) electrons. The molecule has 2 fully saturated rings. The number of rotatable bonds is 12. The van der Waals surface area contributed by atoms with Gasteiger partial charge in [0.25, 0.3) is 5.91 Å². The van der Waals surface area contributed by atoms with Crippen LogP contribution in [0.25, 0.3) is 0 Å². The predicted molar refractivity (Wildman–Crippen MR) is 146 cm³/mol. The lowest BCUT2D eigenvalue weighted by Crippen LogP contribution is -2.62. The van der Waals surface area contributed by atoms with Gasteiger partial charge in [-0.1, -0.05) is 77.5 Å². The van der Waals surface area contributed by atoms with E-state index in [-0.39, 0.29) is 29.9 Å². The van der Waals surface area contributed by atoms with Gasteiger partial charge < -0.3 is 15.5 Å². The number of unbranched alkanes of at least 4 members (excludes halogenated alkanes) is 3. The number of primary amides is 1. The number of hydrogen-bond acceptors (Lipinski definition) is 4. The van der Waals surface area contributed by atoms with E-state index in [9.17, 15) is 14.4 Å². The summed E-state index contributed by atoms with van der Waals surface area (Å²) in [5.74, 6) is -0.598. The molecular weight excluding hydrogens is 464 g/mol. The normalized spacial score (nSPS) is 24.1. The van der Waals surface area contributed by atoms with Crippen LogP contribution in [0, 0.1) is 5.92 Å². The first-order valence-corrected chi connectivity index (χ1v) is 14.6. The molecule has 1 aliphatic carbocycles. The van der Waals surface area contributed by atoms with Gasteiger partial charge in [-0.15, -0.1) is 0 Å². The van der Waals surface area contributed by atoms with Gasteiger partial charge in [0.15, 0.2) is 0 Å². The number of carbonyl (C=O) groups excluding carboxylic acids is 3. The van der Waals surface area contributed by atoms with Gasteiger partial charge in [-0.3, -0.25) is 19.3 Å². The molecule has 7 heteroatoms. The summed E-state index contributed by atoms with van der Waals surface area (Å²) in [6.07, 6.45) is 9.48. The highest BCUT2D eigenvalue weighted by molar-refractivity contribution is 5.99. The van der Waals surface area contributed by atoms with Gasteiger partial charge in [0.05, 0.1) is 6.04 Å². The third-order valence-corrected chi connectivity index (χ3v) is 9.24. The van der Waals surface area contributed by atoms with Crippen molar-refractivity contribution in [3.63, 3.8) is 0 Å². The van der Waals surface area contributed by atoms with Crippen LogP contribution < -0.4 is 5.73 Å². The molecule has 3 aliphatic rings. The van der Waals surface area contributed by atoms with E-state index in [4.69, 9.17) is 5.73 Å². The number of benzene rings is 1. The maximum Gasteiger partial charge on any atom is 0.256 e. The van der Waals surface area contributed by atoms with Crippen LogP contribution in [0.15, 0.2) is 24.3 Å². The number of amides is 3. The summed E-state index contributed by atoms with van der Waals surface area (Å²) in [7, 11) is 0. The lowest BCUT2D eigenvalue weighted by molar-refractivity contribution is -0.150. The topological polar surface area (TPSA) is 86.9 Å². The second-order valence-electron chi connectivity index (χ2n) is 11.6. The Morgan fingerprint density at radius 1 is 1.11 bits per heavy atom. The van der Waals surface area contributed by atoms with Crippen LogP contribution in [0.5, 0.6) is 0 Å². The summed E-state index contributed by atoms with van der Waals surface area (Å²) in [6.45, 7) is 9.46. The summed E-state index contributed by atoms with van der Waals surface area (Å²) in [6, 6.07) is 8.04. The second kappa shape index (κ2) is 11.5. The number of fused-ring (bicyclic) bond motifs is 3. The molecule has 1 saturated carbocycles. The third-order valence-electron chi connectivity index (χ3n) is 9.24. The van der Waals surface area contributed by atoms with Gasteiger partial charge in [-0.2, -0.15) is 0 Å². The van der Waals surface area contributed by atoms with E-state index in [2.05, 4.69) is 24.8 Å². The van der Waals surface area contributed by atoms with Gasteiger partial charge in [0.2, 0.25) is 11.8 Å². The molecule has 0 spiro atoms. The number of hydrogen-bond donors (Lipinski definition) is 1. The Labute approximate surface area is 222 Å². The van der Waals surface area contributed by atoms with Crippen molar-refractivity contribution in [2.45, 2.75) is 116 Å². The molecular formula is C30H46N4O3. The number of carbonyl (C=O) groups is 3. The van der Waals surface area contributed by atoms with Crippen LogP contribution in [0.4, 0.5) is 0 Å². The first-order chi connectivity index (χ1) is 17.8. The number of nitrogens with zero attached hydrogens (tertiary/aromatic N) is 3. The van der Waals surface area contributed by atoms with E-state index in [0.717, 1.165) is 30.4 Å². The standard InChI is InChI=1S/C30H46N4O3/c1-5-7-8-9-14-22(4)32-19-23(34-26(32)24-15-10-11-16-25(24)28(34)36)20-33(27(35)21(3)6-2)30(29(31)37)17-12-13-18-30/h10-11,15-16,21-23,26H,5-9,12-14,17-20H2,1-4H3,(H2,31,37)/t21?,22?,23-,26-/m1/s1. The van der Waals surface area contributed by atoms with Crippen LogP contribution >= 0.6 is 0 Å². The summed E-state index contributed by atoms with van der Waals surface area (Å²) in [4.78, 5) is 46.7. The average molecular weight is 511 g/mol. The Morgan fingerprint density at radius 2 is 1.81 bits per heavy atom. The van der Waals surface area contributed by atoms with Gasteiger partial charge in [0.1, 0.15) is 11.7 Å². The molecule has 0 bridgehead atoms. The lowest BCUT2D eigenvalue weighted by atomic mass is 9.91. The fourth-order valence-corrected chi connectivity index (χ4v) is 6.79. The van der Waals surface area contributed by atoms with Crippen molar-refractivity contribution >= 4 is 17.7 Å². The molecule has 37 heavy (non-hydrogen) atoms.